The van der Waals surface area contributed by atoms with Crippen molar-refractivity contribution in [3.8, 4) is 0 Å². The number of benzene rings is 1. The zero-order valence-electron chi connectivity index (χ0n) is 20.0. The molecule has 0 amide bonds. The van der Waals surface area contributed by atoms with E-state index in [0.29, 0.717) is 12.0 Å². The van der Waals surface area contributed by atoms with Gasteiger partial charge in [0.05, 0.1) is 26.4 Å². The van der Waals surface area contributed by atoms with E-state index in [1.165, 1.54) is 17.5 Å². The van der Waals surface area contributed by atoms with Crippen LogP contribution in [0.15, 0.2) is 29.3 Å². The van der Waals surface area contributed by atoms with Crippen molar-refractivity contribution in [3.05, 3.63) is 35.4 Å². The minimum Gasteiger partial charge on any atom is -0.379 e. The van der Waals surface area contributed by atoms with Crippen LogP contribution in [-0.4, -0.2) is 88.0 Å². The van der Waals surface area contributed by atoms with E-state index in [9.17, 15) is 0 Å². The van der Waals surface area contributed by atoms with E-state index in [1.807, 2.05) is 7.05 Å². The molecule has 2 aliphatic rings. The fraction of sp³-hybridized carbons (Fsp3) is 0.708. The van der Waals surface area contributed by atoms with Gasteiger partial charge in [0.1, 0.15) is 0 Å². The topological polar surface area (TPSA) is 61.4 Å². The Labute approximate surface area is 211 Å². The smallest absolute Gasteiger partial charge is 0.191 e. The van der Waals surface area contributed by atoms with Crippen LogP contribution < -0.4 is 10.6 Å². The minimum absolute atomic E-state index is 0. The lowest BCUT2D eigenvalue weighted by Gasteiger charge is -2.35. The van der Waals surface area contributed by atoms with Gasteiger partial charge >= 0.3 is 0 Å². The zero-order chi connectivity index (χ0) is 21.9. The first kappa shape index (κ1) is 27.3. The Balaban J connectivity index is 0.00000363. The predicted molar refractivity (Wildman–Crippen MR) is 142 cm³/mol. The second kappa shape index (κ2) is 15.1. The number of nitrogens with one attached hydrogen (secondary N) is 2. The molecule has 2 aliphatic heterocycles. The van der Waals surface area contributed by atoms with Crippen molar-refractivity contribution in [2.24, 2.45) is 10.9 Å². The molecule has 1 atom stereocenters. The second-order valence-corrected chi connectivity index (χ2v) is 8.95. The third-order valence-electron chi connectivity index (χ3n) is 6.00. The molecule has 1 aromatic carbocycles. The number of morpholine rings is 2. The van der Waals surface area contributed by atoms with Crippen molar-refractivity contribution in [2.45, 2.75) is 39.4 Å². The molecule has 0 spiro atoms. The quantitative estimate of drug-likeness (QED) is 0.276. The number of guanidine groups is 1. The first-order valence-electron chi connectivity index (χ1n) is 11.8. The van der Waals surface area contributed by atoms with Gasteiger partial charge in [0, 0.05) is 58.9 Å². The van der Waals surface area contributed by atoms with Crippen molar-refractivity contribution in [1.82, 2.24) is 20.4 Å². The molecule has 0 bridgehead atoms. The summed E-state index contributed by atoms with van der Waals surface area (Å²) in [6, 6.07) is 9.34. The monoisotopic (exact) mass is 559 g/mol. The largest absolute Gasteiger partial charge is 0.379 e. The van der Waals surface area contributed by atoms with Gasteiger partial charge in [-0.15, -0.1) is 24.0 Å². The maximum Gasteiger partial charge on any atom is 0.191 e. The molecule has 7 nitrogen and oxygen atoms in total. The molecule has 2 fully saturated rings. The van der Waals surface area contributed by atoms with Crippen molar-refractivity contribution in [2.75, 3.05) is 66.2 Å². The van der Waals surface area contributed by atoms with Gasteiger partial charge < -0.3 is 20.1 Å². The van der Waals surface area contributed by atoms with Crippen LogP contribution in [0.5, 0.6) is 0 Å². The molecule has 8 heteroatoms. The summed E-state index contributed by atoms with van der Waals surface area (Å²) in [7, 11) is 1.84. The Morgan fingerprint density at radius 1 is 1.00 bits per heavy atom. The fourth-order valence-electron chi connectivity index (χ4n) is 4.32. The molecule has 2 heterocycles. The lowest BCUT2D eigenvalue weighted by atomic mass is 10.0. The number of hydrogen-bond acceptors (Lipinski definition) is 5. The van der Waals surface area contributed by atoms with Gasteiger partial charge in [-0.3, -0.25) is 14.8 Å². The molecule has 182 valence electrons. The highest BCUT2D eigenvalue weighted by molar-refractivity contribution is 14.0. The molecule has 2 saturated heterocycles. The highest BCUT2D eigenvalue weighted by atomic mass is 127. The summed E-state index contributed by atoms with van der Waals surface area (Å²) >= 11 is 0. The maximum absolute atomic E-state index is 5.54. The predicted octanol–water partition coefficient (Wildman–Crippen LogP) is 2.55. The van der Waals surface area contributed by atoms with Crippen LogP contribution in [-0.2, 0) is 22.6 Å². The lowest BCUT2D eigenvalue weighted by Crippen LogP contribution is -2.50. The van der Waals surface area contributed by atoms with E-state index >= 15 is 0 Å². The Morgan fingerprint density at radius 2 is 1.66 bits per heavy atom. The van der Waals surface area contributed by atoms with Gasteiger partial charge in [-0.05, 0) is 23.5 Å². The Morgan fingerprint density at radius 3 is 2.31 bits per heavy atom. The average molecular weight is 560 g/mol. The Kier molecular flexibility index (Phi) is 12.8. The minimum atomic E-state index is 0. The molecule has 0 aliphatic carbocycles. The summed E-state index contributed by atoms with van der Waals surface area (Å²) in [6.45, 7) is 14.6. The second-order valence-electron chi connectivity index (χ2n) is 8.95. The number of hydrogen-bond donors (Lipinski definition) is 2. The molecule has 0 radical (unpaired) electrons. The Hall–Kier alpha value is -0.940. The van der Waals surface area contributed by atoms with Crippen LogP contribution in [0.25, 0.3) is 0 Å². The van der Waals surface area contributed by atoms with Crippen LogP contribution in [0.4, 0.5) is 0 Å². The van der Waals surface area contributed by atoms with Crippen LogP contribution in [0.2, 0.25) is 0 Å². The van der Waals surface area contributed by atoms with Crippen LogP contribution in [0.3, 0.4) is 0 Å². The Bertz CT molecular complexity index is 676. The van der Waals surface area contributed by atoms with Gasteiger partial charge in [0.25, 0.3) is 0 Å². The van der Waals surface area contributed by atoms with E-state index in [2.05, 4.69) is 63.5 Å². The van der Waals surface area contributed by atoms with Gasteiger partial charge in [-0.25, -0.2) is 0 Å². The van der Waals surface area contributed by atoms with Crippen LogP contribution in [0, 0.1) is 5.92 Å². The van der Waals surface area contributed by atoms with Crippen molar-refractivity contribution < 1.29 is 9.47 Å². The molecule has 32 heavy (non-hydrogen) atoms. The first-order chi connectivity index (χ1) is 15.1. The highest BCUT2D eigenvalue weighted by Crippen LogP contribution is 2.13. The van der Waals surface area contributed by atoms with Gasteiger partial charge in [0.2, 0.25) is 0 Å². The van der Waals surface area contributed by atoms with E-state index in [0.717, 1.165) is 78.2 Å². The summed E-state index contributed by atoms with van der Waals surface area (Å²) in [6.07, 6.45) is 1.17. The van der Waals surface area contributed by atoms with Gasteiger partial charge in [-0.1, -0.05) is 38.1 Å². The molecule has 1 aromatic rings. The molecular weight excluding hydrogens is 517 g/mol. The number of halogens is 1. The number of aliphatic imine (C=N–C) groups is 1. The van der Waals surface area contributed by atoms with Crippen molar-refractivity contribution >= 4 is 29.9 Å². The van der Waals surface area contributed by atoms with E-state index < -0.39 is 0 Å². The molecule has 0 saturated carbocycles. The molecule has 1 unspecified atom stereocenters. The van der Waals surface area contributed by atoms with Crippen LogP contribution >= 0.6 is 24.0 Å². The molecular formula is C24H42IN5O2. The van der Waals surface area contributed by atoms with Crippen molar-refractivity contribution in [3.63, 3.8) is 0 Å². The summed E-state index contributed by atoms with van der Waals surface area (Å²) in [5, 5.41) is 7.05. The normalized spacial score (nSPS) is 19.4. The highest BCUT2D eigenvalue weighted by Gasteiger charge is 2.22. The van der Waals surface area contributed by atoms with Gasteiger partial charge in [0.15, 0.2) is 5.96 Å². The maximum atomic E-state index is 5.54. The summed E-state index contributed by atoms with van der Waals surface area (Å²) in [5.41, 5.74) is 2.63. The fourth-order valence-corrected chi connectivity index (χ4v) is 4.32. The third-order valence-corrected chi connectivity index (χ3v) is 6.00. The lowest BCUT2D eigenvalue weighted by molar-refractivity contribution is 0.0132. The molecule has 0 aromatic heterocycles. The number of rotatable bonds is 9. The third kappa shape index (κ3) is 9.51. The summed E-state index contributed by atoms with van der Waals surface area (Å²) in [4.78, 5) is 9.45. The van der Waals surface area contributed by atoms with Gasteiger partial charge in [-0.2, -0.15) is 0 Å². The van der Waals surface area contributed by atoms with E-state index in [1.54, 1.807) is 0 Å². The first-order valence-corrected chi connectivity index (χ1v) is 11.8. The van der Waals surface area contributed by atoms with Crippen molar-refractivity contribution in [1.29, 1.82) is 0 Å². The van der Waals surface area contributed by atoms with E-state index in [-0.39, 0.29) is 24.0 Å². The molecule has 3 rings (SSSR count). The summed E-state index contributed by atoms with van der Waals surface area (Å²) < 4.78 is 11.0. The standard InChI is InChI=1S/C24H41N5O2.HI/c1-20(2)15-23(29-9-13-31-14-10-29)18-27-24(25-3)26-17-21-5-4-6-22(16-21)19-28-7-11-30-12-8-28;/h4-6,16,20,23H,7-15,17-19H2,1-3H3,(H2,25,26,27);1H. The summed E-state index contributed by atoms with van der Waals surface area (Å²) in [5.74, 6) is 1.53. The number of nitrogens with zero attached hydrogens (tertiary/aromatic N) is 3. The average Bonchev–Trinajstić information content (AvgIpc) is 2.79. The zero-order valence-corrected chi connectivity index (χ0v) is 22.3. The van der Waals surface area contributed by atoms with E-state index in [4.69, 9.17) is 9.47 Å². The SMILES string of the molecule is CN=C(NCc1cccc(CN2CCOCC2)c1)NCC(CC(C)C)N1CCOCC1.I. The van der Waals surface area contributed by atoms with Crippen LogP contribution in [0.1, 0.15) is 31.4 Å². The molecule has 2 N–H and O–H groups in total. The number of ether oxygens (including phenoxy) is 2.